The van der Waals surface area contributed by atoms with E-state index in [4.69, 9.17) is 39.5 Å². The molecule has 2 rings (SSSR count). The second-order valence-corrected chi connectivity index (χ2v) is 5.67. The maximum atomic E-state index is 12.1. The summed E-state index contributed by atoms with van der Waals surface area (Å²) in [4.78, 5) is 13.7. The minimum absolute atomic E-state index is 0.105. The fraction of sp³-hybridized carbons (Fsp3) is 0.188. The predicted molar refractivity (Wildman–Crippen MR) is 91.4 cm³/mol. The maximum absolute atomic E-state index is 12.1. The lowest BCUT2D eigenvalue weighted by molar-refractivity contribution is -0.116. The molecule has 0 aromatic heterocycles. The molecular weight excluding hydrogens is 345 g/mol. The van der Waals surface area contributed by atoms with Crippen LogP contribution < -0.4 is 9.64 Å². The third-order valence-electron chi connectivity index (χ3n) is 3.11. The van der Waals surface area contributed by atoms with Crippen LogP contribution in [-0.2, 0) is 11.3 Å². The lowest BCUT2D eigenvalue weighted by Gasteiger charge is -2.22. The number of methoxy groups -OCH3 is 1. The van der Waals surface area contributed by atoms with Crippen LogP contribution in [0.4, 0.5) is 5.69 Å². The van der Waals surface area contributed by atoms with Crippen LogP contribution in [0.2, 0.25) is 10.0 Å². The van der Waals surface area contributed by atoms with Crippen molar-refractivity contribution in [3.63, 3.8) is 0 Å². The molecular formula is C16H14Cl3NO2. The molecule has 0 aliphatic heterocycles. The van der Waals surface area contributed by atoms with E-state index in [1.165, 1.54) is 0 Å². The number of rotatable bonds is 5. The number of amides is 1. The highest BCUT2D eigenvalue weighted by Crippen LogP contribution is 2.27. The van der Waals surface area contributed by atoms with E-state index in [0.717, 1.165) is 11.3 Å². The van der Waals surface area contributed by atoms with Crippen molar-refractivity contribution in [1.29, 1.82) is 0 Å². The van der Waals surface area contributed by atoms with E-state index < -0.39 is 0 Å². The van der Waals surface area contributed by atoms with E-state index in [2.05, 4.69) is 0 Å². The zero-order chi connectivity index (χ0) is 16.1. The van der Waals surface area contributed by atoms with Crippen molar-refractivity contribution < 1.29 is 9.53 Å². The Morgan fingerprint density at radius 1 is 1.14 bits per heavy atom. The van der Waals surface area contributed by atoms with Gasteiger partial charge in [-0.2, -0.15) is 0 Å². The summed E-state index contributed by atoms with van der Waals surface area (Å²) in [5, 5.41) is 1.10. The molecule has 0 saturated carbocycles. The normalized spacial score (nSPS) is 10.4. The Balaban J connectivity index is 2.29. The molecule has 0 heterocycles. The number of anilines is 1. The number of hydrogen-bond acceptors (Lipinski definition) is 2. The zero-order valence-electron chi connectivity index (χ0n) is 11.9. The monoisotopic (exact) mass is 357 g/mol. The molecule has 0 spiro atoms. The second kappa shape index (κ2) is 7.73. The molecule has 0 N–H and O–H groups in total. The number of ether oxygens (including phenoxy) is 1. The molecule has 0 aliphatic carbocycles. The molecule has 3 nitrogen and oxygen atoms in total. The predicted octanol–water partition coefficient (Wildman–Crippen LogP) is 4.77. The third kappa shape index (κ3) is 4.07. The molecule has 0 aliphatic rings. The first-order chi connectivity index (χ1) is 10.5. The van der Waals surface area contributed by atoms with E-state index in [0.29, 0.717) is 22.3 Å². The van der Waals surface area contributed by atoms with Gasteiger partial charge in [0, 0.05) is 10.7 Å². The molecule has 0 radical (unpaired) electrons. The van der Waals surface area contributed by atoms with Crippen LogP contribution in [0.25, 0.3) is 0 Å². The smallest absolute Gasteiger partial charge is 0.242 e. The van der Waals surface area contributed by atoms with Gasteiger partial charge in [0.2, 0.25) is 5.91 Å². The maximum Gasteiger partial charge on any atom is 0.242 e. The van der Waals surface area contributed by atoms with Crippen LogP contribution in [0.3, 0.4) is 0 Å². The molecule has 116 valence electrons. The molecule has 0 fully saturated rings. The van der Waals surface area contributed by atoms with Gasteiger partial charge in [-0.05, 0) is 42.0 Å². The van der Waals surface area contributed by atoms with E-state index in [1.54, 1.807) is 48.4 Å². The van der Waals surface area contributed by atoms with E-state index >= 15 is 0 Å². The summed E-state index contributed by atoms with van der Waals surface area (Å²) >= 11 is 17.7. The number of carbonyl (C=O) groups excluding carboxylic acids is 1. The summed E-state index contributed by atoms with van der Waals surface area (Å²) in [6, 6.07) is 12.4. The van der Waals surface area contributed by atoms with Crippen LogP contribution in [-0.4, -0.2) is 18.9 Å². The van der Waals surface area contributed by atoms with Crippen molar-refractivity contribution in [2.24, 2.45) is 0 Å². The van der Waals surface area contributed by atoms with Crippen molar-refractivity contribution in [1.82, 2.24) is 0 Å². The van der Waals surface area contributed by atoms with E-state index in [1.807, 2.05) is 6.07 Å². The van der Waals surface area contributed by atoms with Crippen molar-refractivity contribution in [3.8, 4) is 5.75 Å². The SMILES string of the molecule is COc1ccc(CN(C(=O)CCl)c2ccc(Cl)cc2)cc1Cl. The standard InChI is InChI=1S/C16H14Cl3NO2/c1-22-15-7-2-11(8-14(15)19)10-20(16(21)9-17)13-5-3-12(18)4-6-13/h2-8H,9-10H2,1H3. The number of carbonyl (C=O) groups is 1. The van der Waals surface area contributed by atoms with E-state index in [9.17, 15) is 4.79 Å². The Kier molecular flexibility index (Phi) is 5.95. The van der Waals surface area contributed by atoms with Gasteiger partial charge in [-0.3, -0.25) is 4.79 Å². The van der Waals surface area contributed by atoms with Crippen LogP contribution in [0.15, 0.2) is 42.5 Å². The largest absolute Gasteiger partial charge is 0.495 e. The minimum atomic E-state index is -0.198. The molecule has 0 unspecified atom stereocenters. The first-order valence-electron chi connectivity index (χ1n) is 6.49. The van der Waals surface area contributed by atoms with Crippen molar-refractivity contribution in [3.05, 3.63) is 58.1 Å². The quantitative estimate of drug-likeness (QED) is 0.720. The second-order valence-electron chi connectivity index (χ2n) is 4.56. The highest BCUT2D eigenvalue weighted by atomic mass is 35.5. The average Bonchev–Trinajstić information content (AvgIpc) is 2.53. The van der Waals surface area contributed by atoms with Crippen LogP contribution in [0.1, 0.15) is 5.56 Å². The van der Waals surface area contributed by atoms with Crippen LogP contribution in [0.5, 0.6) is 5.75 Å². The van der Waals surface area contributed by atoms with Crippen LogP contribution >= 0.6 is 34.8 Å². The lowest BCUT2D eigenvalue weighted by Crippen LogP contribution is -2.31. The van der Waals surface area contributed by atoms with E-state index in [-0.39, 0.29) is 11.8 Å². The van der Waals surface area contributed by atoms with Crippen molar-refractivity contribution in [2.45, 2.75) is 6.54 Å². The summed E-state index contributed by atoms with van der Waals surface area (Å²) in [5.74, 6) is 0.287. The van der Waals surface area contributed by atoms with Gasteiger partial charge in [0.25, 0.3) is 0 Å². The first kappa shape index (κ1) is 16.9. The van der Waals surface area contributed by atoms with Gasteiger partial charge in [0.1, 0.15) is 11.6 Å². The Bertz CT molecular complexity index is 659. The number of benzene rings is 2. The Labute approximate surface area is 144 Å². The van der Waals surface area contributed by atoms with Crippen molar-refractivity contribution in [2.75, 3.05) is 17.9 Å². The van der Waals surface area contributed by atoms with Gasteiger partial charge in [0.15, 0.2) is 0 Å². The number of nitrogens with zero attached hydrogens (tertiary/aromatic N) is 1. The van der Waals surface area contributed by atoms with Crippen LogP contribution in [0, 0.1) is 0 Å². The average molecular weight is 359 g/mol. The summed E-state index contributed by atoms with van der Waals surface area (Å²) < 4.78 is 5.12. The van der Waals surface area contributed by atoms with Gasteiger partial charge < -0.3 is 9.64 Å². The fourth-order valence-electron chi connectivity index (χ4n) is 2.01. The Morgan fingerprint density at radius 2 is 1.82 bits per heavy atom. The summed E-state index contributed by atoms with van der Waals surface area (Å²) in [5.41, 5.74) is 1.60. The van der Waals surface area contributed by atoms with Gasteiger partial charge in [-0.25, -0.2) is 0 Å². The lowest BCUT2D eigenvalue weighted by atomic mass is 10.2. The summed E-state index contributed by atoms with van der Waals surface area (Å²) in [6.07, 6.45) is 0. The van der Waals surface area contributed by atoms with Crippen molar-refractivity contribution >= 4 is 46.4 Å². The summed E-state index contributed by atoms with van der Waals surface area (Å²) in [6.45, 7) is 0.358. The minimum Gasteiger partial charge on any atom is -0.495 e. The van der Waals surface area contributed by atoms with Gasteiger partial charge in [-0.1, -0.05) is 29.3 Å². The molecule has 1 amide bonds. The fourth-order valence-corrected chi connectivity index (χ4v) is 2.56. The molecule has 2 aromatic carbocycles. The Morgan fingerprint density at radius 3 is 2.36 bits per heavy atom. The molecule has 2 aromatic rings. The Hall–Kier alpha value is -1.42. The molecule has 0 saturated heterocycles. The molecule has 22 heavy (non-hydrogen) atoms. The number of alkyl halides is 1. The first-order valence-corrected chi connectivity index (χ1v) is 7.78. The zero-order valence-corrected chi connectivity index (χ0v) is 14.1. The molecule has 6 heteroatoms. The third-order valence-corrected chi connectivity index (χ3v) is 3.89. The topological polar surface area (TPSA) is 29.5 Å². The number of halogens is 3. The van der Waals surface area contributed by atoms with Gasteiger partial charge in [0.05, 0.1) is 18.7 Å². The summed E-state index contributed by atoms with van der Waals surface area (Å²) in [7, 11) is 1.55. The molecule has 0 bridgehead atoms. The highest BCUT2D eigenvalue weighted by molar-refractivity contribution is 6.32. The van der Waals surface area contributed by atoms with Gasteiger partial charge in [-0.15, -0.1) is 11.6 Å². The highest BCUT2D eigenvalue weighted by Gasteiger charge is 2.16. The number of hydrogen-bond donors (Lipinski definition) is 0. The van der Waals surface area contributed by atoms with Gasteiger partial charge >= 0.3 is 0 Å². The molecule has 0 atom stereocenters.